The lowest BCUT2D eigenvalue weighted by molar-refractivity contribution is -0.386. The summed E-state index contributed by atoms with van der Waals surface area (Å²) < 4.78 is 22.8. The van der Waals surface area contributed by atoms with Gasteiger partial charge in [-0.05, 0) is 54.0 Å². The van der Waals surface area contributed by atoms with E-state index in [2.05, 4.69) is 15.9 Å². The third-order valence-electron chi connectivity index (χ3n) is 4.19. The van der Waals surface area contributed by atoms with Crippen LogP contribution in [0.5, 0.6) is 11.5 Å². The van der Waals surface area contributed by atoms with Gasteiger partial charge in [-0.1, -0.05) is 0 Å². The molecule has 0 spiro atoms. The molecule has 7 nitrogen and oxygen atoms in total. The molecule has 0 radical (unpaired) electrons. The molecule has 0 aliphatic carbocycles. The maximum absolute atomic E-state index is 11.9. The van der Waals surface area contributed by atoms with Crippen molar-refractivity contribution < 1.29 is 23.2 Å². The predicted octanol–water partition coefficient (Wildman–Crippen LogP) is 5.36. The van der Waals surface area contributed by atoms with Crippen LogP contribution in [0.2, 0.25) is 0 Å². The van der Waals surface area contributed by atoms with Crippen molar-refractivity contribution in [1.29, 1.82) is 0 Å². The van der Waals surface area contributed by atoms with Gasteiger partial charge in [0.1, 0.15) is 29.0 Å². The van der Waals surface area contributed by atoms with Gasteiger partial charge >= 0.3 is 0 Å². The Kier molecular flexibility index (Phi) is 5.27. The lowest BCUT2D eigenvalue weighted by Crippen LogP contribution is -2.09. The number of hydrogen-bond donors (Lipinski definition) is 0. The van der Waals surface area contributed by atoms with Crippen LogP contribution >= 0.6 is 15.9 Å². The third-order valence-corrected chi connectivity index (χ3v) is 4.80. The van der Waals surface area contributed by atoms with E-state index in [0.29, 0.717) is 28.8 Å². The van der Waals surface area contributed by atoms with Crippen LogP contribution in [0.3, 0.4) is 0 Å². The van der Waals surface area contributed by atoms with Crippen LogP contribution in [0.15, 0.2) is 43.6 Å². The van der Waals surface area contributed by atoms with Crippen LogP contribution in [-0.4, -0.2) is 19.1 Å². The van der Waals surface area contributed by atoms with E-state index in [-0.39, 0.29) is 21.5 Å². The molecule has 0 bridgehead atoms. The van der Waals surface area contributed by atoms with Crippen molar-refractivity contribution in [3.8, 4) is 11.5 Å². The van der Waals surface area contributed by atoms with Crippen LogP contribution < -0.4 is 9.47 Å². The summed E-state index contributed by atoms with van der Waals surface area (Å²) in [5.74, 6) is 2.30. The highest BCUT2D eigenvalue weighted by atomic mass is 79.9. The second-order valence-corrected chi connectivity index (χ2v) is 6.80. The number of hydrogen-bond acceptors (Lipinski definition) is 6. The molecule has 0 N–H and O–H groups in total. The molecule has 27 heavy (non-hydrogen) atoms. The number of methoxy groups -OCH3 is 2. The minimum atomic E-state index is -0.686. The van der Waals surface area contributed by atoms with Crippen molar-refractivity contribution in [2.75, 3.05) is 14.2 Å². The highest BCUT2D eigenvalue weighted by Crippen LogP contribution is 2.50. The summed E-state index contributed by atoms with van der Waals surface area (Å²) in [5.41, 5.74) is 0.151. The summed E-state index contributed by atoms with van der Waals surface area (Å²) in [4.78, 5) is 11.4. The lowest BCUT2D eigenvalue weighted by atomic mass is 9.91. The summed E-state index contributed by atoms with van der Waals surface area (Å²) in [5, 5.41) is 11.9. The molecule has 2 heterocycles. The fourth-order valence-electron chi connectivity index (χ4n) is 3.08. The van der Waals surface area contributed by atoms with Crippen LogP contribution in [0.25, 0.3) is 0 Å². The lowest BCUT2D eigenvalue weighted by Gasteiger charge is -2.19. The molecule has 0 atom stereocenters. The Morgan fingerprint density at radius 1 is 1.04 bits per heavy atom. The highest BCUT2D eigenvalue weighted by molar-refractivity contribution is 9.10. The number of rotatable bonds is 6. The topological polar surface area (TPSA) is 87.9 Å². The van der Waals surface area contributed by atoms with E-state index >= 15 is 0 Å². The summed E-state index contributed by atoms with van der Waals surface area (Å²) in [6.45, 7) is 3.61. The molecule has 1 aromatic carbocycles. The normalized spacial score (nSPS) is 11.0. The minimum Gasteiger partial charge on any atom is -0.493 e. The number of nitro benzene ring substituents is 1. The molecule has 142 valence electrons. The van der Waals surface area contributed by atoms with Crippen molar-refractivity contribution in [3.05, 3.63) is 73.5 Å². The monoisotopic (exact) mass is 435 g/mol. The van der Waals surface area contributed by atoms with E-state index in [9.17, 15) is 10.1 Å². The predicted molar refractivity (Wildman–Crippen MR) is 102 cm³/mol. The Morgan fingerprint density at radius 3 is 1.96 bits per heavy atom. The van der Waals surface area contributed by atoms with Gasteiger partial charge in [-0.3, -0.25) is 10.1 Å². The summed E-state index contributed by atoms with van der Waals surface area (Å²) in [6, 6.07) is 8.65. The van der Waals surface area contributed by atoms with Crippen molar-refractivity contribution in [2.45, 2.75) is 19.8 Å². The molecule has 0 aliphatic rings. The first-order valence-corrected chi connectivity index (χ1v) is 8.88. The Bertz CT molecular complexity index is 950. The first-order valence-electron chi connectivity index (χ1n) is 8.08. The highest BCUT2D eigenvalue weighted by Gasteiger charge is 2.37. The largest absolute Gasteiger partial charge is 0.493 e. The Balaban J connectivity index is 2.40. The summed E-state index contributed by atoms with van der Waals surface area (Å²) in [6.07, 6.45) is 0. The van der Waals surface area contributed by atoms with Crippen LogP contribution in [0.1, 0.15) is 34.5 Å². The van der Waals surface area contributed by atoms with Gasteiger partial charge < -0.3 is 18.3 Å². The average molecular weight is 436 g/mol. The maximum atomic E-state index is 11.9. The molecule has 0 amide bonds. The van der Waals surface area contributed by atoms with E-state index in [1.54, 1.807) is 38.1 Å². The first kappa shape index (κ1) is 19.0. The first-order chi connectivity index (χ1) is 12.9. The van der Waals surface area contributed by atoms with Gasteiger partial charge in [-0.25, -0.2) is 0 Å². The molecule has 0 fully saturated rings. The Morgan fingerprint density at radius 2 is 1.59 bits per heavy atom. The summed E-state index contributed by atoms with van der Waals surface area (Å²) in [7, 11) is 2.92. The van der Waals surface area contributed by atoms with Crippen molar-refractivity contribution in [2.24, 2.45) is 0 Å². The van der Waals surface area contributed by atoms with E-state index in [1.165, 1.54) is 20.3 Å². The van der Waals surface area contributed by atoms with Crippen LogP contribution in [-0.2, 0) is 0 Å². The molecular weight excluding hydrogens is 418 g/mol. The van der Waals surface area contributed by atoms with Gasteiger partial charge in [-0.2, -0.15) is 0 Å². The third kappa shape index (κ3) is 3.44. The number of benzene rings is 1. The molecule has 0 unspecified atom stereocenters. The zero-order valence-corrected chi connectivity index (χ0v) is 16.8. The van der Waals surface area contributed by atoms with Gasteiger partial charge in [0.05, 0.1) is 29.2 Å². The van der Waals surface area contributed by atoms with Gasteiger partial charge in [0.2, 0.25) is 0 Å². The van der Waals surface area contributed by atoms with E-state index in [1.807, 2.05) is 0 Å². The van der Waals surface area contributed by atoms with Crippen molar-refractivity contribution in [3.63, 3.8) is 0 Å². The van der Waals surface area contributed by atoms with Crippen molar-refractivity contribution in [1.82, 2.24) is 0 Å². The number of nitrogens with zero attached hydrogens (tertiary/aromatic N) is 1. The molecule has 2 aromatic heterocycles. The molecule has 8 heteroatoms. The second kappa shape index (κ2) is 7.48. The van der Waals surface area contributed by atoms with Gasteiger partial charge in [-0.15, -0.1) is 0 Å². The zero-order chi connectivity index (χ0) is 19.7. The number of aryl methyl sites for hydroxylation is 2. The summed E-state index contributed by atoms with van der Waals surface area (Å²) >= 11 is 3.29. The molecular formula is C19H18BrNO6. The Hall–Kier alpha value is -2.74. The van der Waals surface area contributed by atoms with Crippen LogP contribution in [0.4, 0.5) is 5.69 Å². The second-order valence-electron chi connectivity index (χ2n) is 5.94. The SMILES string of the molecule is COc1cc(Br)c([N+](=O)[O-])c(C(c2ccc(C)o2)c2ccc(C)o2)c1OC. The van der Waals surface area contributed by atoms with E-state index < -0.39 is 10.8 Å². The smallest absolute Gasteiger partial charge is 0.291 e. The van der Waals surface area contributed by atoms with Crippen molar-refractivity contribution >= 4 is 21.6 Å². The van der Waals surface area contributed by atoms with Crippen LogP contribution in [0, 0.1) is 24.0 Å². The fraction of sp³-hybridized carbons (Fsp3) is 0.263. The molecule has 3 rings (SSSR count). The molecule has 3 aromatic rings. The fourth-order valence-corrected chi connectivity index (χ4v) is 3.64. The number of ether oxygens (including phenoxy) is 2. The van der Waals surface area contributed by atoms with Gasteiger partial charge in [0, 0.05) is 6.07 Å². The zero-order valence-electron chi connectivity index (χ0n) is 15.2. The minimum absolute atomic E-state index is 0.138. The molecule has 0 saturated carbocycles. The number of furan rings is 2. The molecule has 0 saturated heterocycles. The Labute approximate surface area is 164 Å². The van der Waals surface area contributed by atoms with Gasteiger partial charge in [0.15, 0.2) is 11.5 Å². The number of nitro groups is 1. The number of halogens is 1. The molecule has 0 aliphatic heterocycles. The standard InChI is InChI=1S/C19H18BrNO6/c1-10-5-7-13(26-10)16(14-8-6-11(2)27-14)17-18(21(22)23)12(20)9-15(24-3)19(17)25-4/h5-9,16H,1-4H3. The van der Waals surface area contributed by atoms with E-state index in [4.69, 9.17) is 18.3 Å². The average Bonchev–Trinajstić information content (AvgIpc) is 3.23. The quantitative estimate of drug-likeness (QED) is 0.382. The van der Waals surface area contributed by atoms with E-state index in [0.717, 1.165) is 0 Å². The van der Waals surface area contributed by atoms with Gasteiger partial charge in [0.25, 0.3) is 5.69 Å². The maximum Gasteiger partial charge on any atom is 0.291 e.